The van der Waals surface area contributed by atoms with Crippen molar-refractivity contribution in [2.24, 2.45) is 11.8 Å². The molecule has 1 N–H and O–H groups in total. The molecule has 2 atom stereocenters. The molecule has 4 rings (SSSR count). The minimum Gasteiger partial charge on any atom is -0.481 e. The van der Waals surface area contributed by atoms with Crippen molar-refractivity contribution in [3.05, 3.63) is 58.2 Å². The first kappa shape index (κ1) is 18.0. The first-order valence-electron chi connectivity index (χ1n) is 9.12. The lowest BCUT2D eigenvalue weighted by Gasteiger charge is -2.28. The molecule has 2 aliphatic carbocycles. The van der Waals surface area contributed by atoms with Crippen molar-refractivity contribution in [1.82, 2.24) is 15.0 Å². The number of aliphatic carboxylic acids is 1. The number of pyridine rings is 1. The smallest absolute Gasteiger partial charge is 0.306 e. The molecule has 7 heteroatoms. The van der Waals surface area contributed by atoms with Crippen molar-refractivity contribution in [3.8, 4) is 0 Å². The van der Waals surface area contributed by atoms with Gasteiger partial charge >= 0.3 is 5.97 Å². The number of fused-ring (bicyclic) bond motifs is 1. The zero-order valence-electron chi connectivity index (χ0n) is 14.7. The van der Waals surface area contributed by atoms with Crippen LogP contribution >= 0.6 is 11.6 Å². The topological polar surface area (TPSA) is 76.0 Å². The van der Waals surface area contributed by atoms with E-state index in [9.17, 15) is 14.3 Å². The minimum atomic E-state index is -0.803. The monoisotopic (exact) mass is 387 g/mol. The second-order valence-corrected chi connectivity index (χ2v) is 7.59. The van der Waals surface area contributed by atoms with Gasteiger partial charge in [0.25, 0.3) is 0 Å². The maximum Gasteiger partial charge on any atom is 0.306 e. The van der Waals surface area contributed by atoms with E-state index in [1.165, 1.54) is 6.20 Å². The third-order valence-electron chi connectivity index (χ3n) is 5.47. The molecule has 0 spiro atoms. The van der Waals surface area contributed by atoms with Gasteiger partial charge in [0.05, 0.1) is 28.5 Å². The Morgan fingerprint density at radius 1 is 1.26 bits per heavy atom. The second kappa shape index (κ2) is 7.35. The Kier molecular flexibility index (Phi) is 4.91. The van der Waals surface area contributed by atoms with Crippen molar-refractivity contribution in [2.75, 3.05) is 0 Å². The third kappa shape index (κ3) is 3.58. The van der Waals surface area contributed by atoms with Gasteiger partial charge in [-0.3, -0.25) is 9.78 Å². The zero-order chi connectivity index (χ0) is 19.0. The van der Waals surface area contributed by atoms with Gasteiger partial charge in [-0.2, -0.15) is 0 Å². The molecule has 1 fully saturated rings. The van der Waals surface area contributed by atoms with Gasteiger partial charge in [-0.05, 0) is 31.2 Å². The lowest BCUT2D eigenvalue weighted by atomic mass is 9.77. The SMILES string of the molecule is O=C(O)[C@@H]1CCCC[C@@H]1Cc1nc(C2=CCc3ncc(Cl)cc32)ncc1F. The summed E-state index contributed by atoms with van der Waals surface area (Å²) in [5.41, 5.74) is 2.82. The number of nitrogens with zero attached hydrogens (tertiary/aromatic N) is 3. The summed E-state index contributed by atoms with van der Waals surface area (Å²) in [6.07, 6.45) is 9.00. The van der Waals surface area contributed by atoms with Crippen LogP contribution in [0.1, 0.15) is 48.5 Å². The van der Waals surface area contributed by atoms with Crippen LogP contribution in [0.2, 0.25) is 5.02 Å². The first-order valence-corrected chi connectivity index (χ1v) is 9.50. The molecule has 2 aliphatic rings. The number of carboxylic acids is 1. The van der Waals surface area contributed by atoms with E-state index in [0.29, 0.717) is 30.1 Å². The molecule has 0 radical (unpaired) electrons. The Hall–Kier alpha value is -2.34. The number of hydrogen-bond donors (Lipinski definition) is 1. The molecular weight excluding hydrogens is 369 g/mol. The summed E-state index contributed by atoms with van der Waals surface area (Å²) < 4.78 is 14.4. The number of carbonyl (C=O) groups is 1. The van der Waals surface area contributed by atoms with Gasteiger partial charge in [0, 0.05) is 23.8 Å². The Bertz CT molecular complexity index is 931. The van der Waals surface area contributed by atoms with Crippen molar-refractivity contribution in [2.45, 2.75) is 38.5 Å². The Balaban J connectivity index is 1.63. The van der Waals surface area contributed by atoms with Gasteiger partial charge in [0.2, 0.25) is 0 Å². The second-order valence-electron chi connectivity index (χ2n) is 7.15. The van der Waals surface area contributed by atoms with Crippen LogP contribution in [0, 0.1) is 17.7 Å². The molecule has 0 unspecified atom stereocenters. The van der Waals surface area contributed by atoms with E-state index in [0.717, 1.165) is 36.1 Å². The normalized spacial score (nSPS) is 21.6. The Labute approximate surface area is 161 Å². The highest BCUT2D eigenvalue weighted by Gasteiger charge is 2.32. The molecule has 0 bridgehead atoms. The van der Waals surface area contributed by atoms with E-state index in [1.807, 2.05) is 12.1 Å². The van der Waals surface area contributed by atoms with E-state index in [1.54, 1.807) is 6.20 Å². The fourth-order valence-electron chi connectivity index (χ4n) is 4.08. The molecule has 0 saturated heterocycles. The van der Waals surface area contributed by atoms with Crippen molar-refractivity contribution >= 4 is 23.1 Å². The summed E-state index contributed by atoms with van der Waals surface area (Å²) in [4.78, 5) is 24.5. The fraction of sp³-hybridized carbons (Fsp3) is 0.400. The van der Waals surface area contributed by atoms with Crippen LogP contribution in [0.25, 0.3) is 5.57 Å². The van der Waals surface area contributed by atoms with Crippen LogP contribution in [-0.4, -0.2) is 26.0 Å². The number of hydrogen-bond acceptors (Lipinski definition) is 4. The molecule has 0 aromatic carbocycles. The predicted molar refractivity (Wildman–Crippen MR) is 98.8 cm³/mol. The summed E-state index contributed by atoms with van der Waals surface area (Å²) in [7, 11) is 0. The third-order valence-corrected chi connectivity index (χ3v) is 5.67. The van der Waals surface area contributed by atoms with E-state index in [4.69, 9.17) is 11.6 Å². The highest BCUT2D eigenvalue weighted by atomic mass is 35.5. The van der Waals surface area contributed by atoms with E-state index >= 15 is 0 Å². The van der Waals surface area contributed by atoms with Gasteiger partial charge in [-0.15, -0.1) is 0 Å². The summed E-state index contributed by atoms with van der Waals surface area (Å²) in [6, 6.07) is 1.82. The highest BCUT2D eigenvalue weighted by Crippen LogP contribution is 2.34. The number of carboxylic acid groups (broad SMARTS) is 1. The van der Waals surface area contributed by atoms with Gasteiger partial charge in [-0.1, -0.05) is 30.5 Å². The maximum absolute atomic E-state index is 14.4. The van der Waals surface area contributed by atoms with Crippen molar-refractivity contribution in [1.29, 1.82) is 0 Å². The van der Waals surface area contributed by atoms with Gasteiger partial charge in [0.15, 0.2) is 11.6 Å². The quantitative estimate of drug-likeness (QED) is 0.855. The molecule has 0 amide bonds. The number of allylic oxidation sites excluding steroid dienone is 1. The van der Waals surface area contributed by atoms with Crippen molar-refractivity contribution < 1.29 is 14.3 Å². The largest absolute Gasteiger partial charge is 0.481 e. The van der Waals surface area contributed by atoms with Crippen LogP contribution in [0.15, 0.2) is 24.5 Å². The Morgan fingerprint density at radius 2 is 2.07 bits per heavy atom. The average molecular weight is 388 g/mol. The molecular formula is C20H19ClFN3O2. The molecule has 2 aromatic rings. The molecule has 2 heterocycles. The summed E-state index contributed by atoms with van der Waals surface area (Å²) >= 11 is 6.06. The standard InChI is InChI=1S/C20H19ClFN3O2/c21-12-8-15-14(5-6-17(15)23-9-12)19-24-10-16(22)18(25-19)7-11-3-1-2-4-13(11)20(26)27/h5,8-11,13H,1-4,6-7H2,(H,26,27)/t11-,13-/m1/s1. The first-order chi connectivity index (χ1) is 13.0. The average Bonchev–Trinajstić information content (AvgIpc) is 3.07. The summed E-state index contributed by atoms with van der Waals surface area (Å²) in [5.74, 6) is -1.41. The maximum atomic E-state index is 14.4. The molecule has 27 heavy (non-hydrogen) atoms. The molecule has 0 aliphatic heterocycles. The molecule has 1 saturated carbocycles. The van der Waals surface area contributed by atoms with E-state index in [-0.39, 0.29) is 11.6 Å². The van der Waals surface area contributed by atoms with E-state index in [2.05, 4.69) is 15.0 Å². The molecule has 2 aromatic heterocycles. The number of rotatable bonds is 4. The number of aromatic nitrogens is 3. The molecule has 140 valence electrons. The lowest BCUT2D eigenvalue weighted by Crippen LogP contribution is -2.29. The lowest BCUT2D eigenvalue weighted by molar-refractivity contribution is -0.144. The van der Waals surface area contributed by atoms with Crippen LogP contribution in [-0.2, 0) is 17.6 Å². The van der Waals surface area contributed by atoms with Gasteiger partial charge < -0.3 is 5.11 Å². The van der Waals surface area contributed by atoms with E-state index < -0.39 is 17.7 Å². The molecule has 5 nitrogen and oxygen atoms in total. The summed E-state index contributed by atoms with van der Waals surface area (Å²) in [6.45, 7) is 0. The van der Waals surface area contributed by atoms with Crippen LogP contribution < -0.4 is 0 Å². The minimum absolute atomic E-state index is 0.102. The summed E-state index contributed by atoms with van der Waals surface area (Å²) in [5, 5.41) is 9.99. The van der Waals surface area contributed by atoms with Crippen LogP contribution in [0.5, 0.6) is 0 Å². The van der Waals surface area contributed by atoms with Gasteiger partial charge in [0.1, 0.15) is 0 Å². The van der Waals surface area contributed by atoms with Crippen molar-refractivity contribution in [3.63, 3.8) is 0 Å². The van der Waals surface area contributed by atoms with Crippen LogP contribution in [0.3, 0.4) is 0 Å². The highest BCUT2D eigenvalue weighted by molar-refractivity contribution is 6.30. The van der Waals surface area contributed by atoms with Gasteiger partial charge in [-0.25, -0.2) is 14.4 Å². The zero-order valence-corrected chi connectivity index (χ0v) is 15.4. The number of halogens is 2. The van der Waals surface area contributed by atoms with Crippen LogP contribution in [0.4, 0.5) is 4.39 Å². The fourth-order valence-corrected chi connectivity index (χ4v) is 4.24. The Morgan fingerprint density at radius 3 is 2.89 bits per heavy atom. The predicted octanol–water partition coefficient (Wildman–Crippen LogP) is 4.09.